The highest BCUT2D eigenvalue weighted by molar-refractivity contribution is 7.13. The van der Waals surface area contributed by atoms with Gasteiger partial charge >= 0.3 is 0 Å². The SMILES string of the molecule is COc1ccc(NC(=O)c2nnc(CCCC(=O)NCc3ccco3)s2)cc1. The van der Waals surface area contributed by atoms with Crippen LogP contribution in [-0.4, -0.2) is 29.1 Å². The second-order valence-corrected chi connectivity index (χ2v) is 6.96. The van der Waals surface area contributed by atoms with Crippen LogP contribution in [-0.2, 0) is 17.8 Å². The summed E-state index contributed by atoms with van der Waals surface area (Å²) < 4.78 is 10.2. The molecule has 146 valence electrons. The average Bonchev–Trinajstić information content (AvgIpc) is 3.39. The molecule has 3 aromatic rings. The minimum Gasteiger partial charge on any atom is -0.497 e. The molecule has 2 aromatic heterocycles. The maximum atomic E-state index is 12.3. The predicted molar refractivity (Wildman–Crippen MR) is 104 cm³/mol. The van der Waals surface area contributed by atoms with Crippen LogP contribution in [0.1, 0.15) is 33.4 Å². The third-order valence-corrected chi connectivity index (χ3v) is 4.83. The smallest absolute Gasteiger partial charge is 0.286 e. The Morgan fingerprint density at radius 3 is 2.71 bits per heavy atom. The van der Waals surface area contributed by atoms with Gasteiger partial charge in [-0.1, -0.05) is 11.3 Å². The van der Waals surface area contributed by atoms with E-state index in [4.69, 9.17) is 9.15 Å². The van der Waals surface area contributed by atoms with E-state index in [0.29, 0.717) is 43.0 Å². The lowest BCUT2D eigenvalue weighted by molar-refractivity contribution is -0.121. The van der Waals surface area contributed by atoms with Crippen molar-refractivity contribution in [1.82, 2.24) is 15.5 Å². The van der Waals surface area contributed by atoms with Crippen molar-refractivity contribution in [2.45, 2.75) is 25.8 Å². The topological polar surface area (TPSA) is 106 Å². The van der Waals surface area contributed by atoms with Gasteiger partial charge in [0.05, 0.1) is 19.9 Å². The Hall–Kier alpha value is -3.20. The Morgan fingerprint density at radius 1 is 1.18 bits per heavy atom. The van der Waals surface area contributed by atoms with Crippen molar-refractivity contribution in [3.05, 3.63) is 58.4 Å². The molecule has 1 aromatic carbocycles. The maximum Gasteiger partial charge on any atom is 0.286 e. The molecule has 9 heteroatoms. The van der Waals surface area contributed by atoms with Crippen LogP contribution in [0.3, 0.4) is 0 Å². The van der Waals surface area contributed by atoms with Crippen molar-refractivity contribution in [2.24, 2.45) is 0 Å². The van der Waals surface area contributed by atoms with Gasteiger partial charge in [0.25, 0.3) is 5.91 Å². The van der Waals surface area contributed by atoms with Crippen molar-refractivity contribution in [2.75, 3.05) is 12.4 Å². The molecule has 8 nitrogen and oxygen atoms in total. The second-order valence-electron chi connectivity index (χ2n) is 5.89. The number of carbonyl (C=O) groups excluding carboxylic acids is 2. The monoisotopic (exact) mass is 400 g/mol. The Morgan fingerprint density at radius 2 is 2.00 bits per heavy atom. The fraction of sp³-hybridized carbons (Fsp3) is 0.263. The van der Waals surface area contributed by atoms with Gasteiger partial charge in [0.1, 0.15) is 16.5 Å². The molecule has 0 atom stereocenters. The fourth-order valence-corrected chi connectivity index (χ4v) is 3.17. The van der Waals surface area contributed by atoms with Crippen LogP contribution in [0.15, 0.2) is 47.1 Å². The fourth-order valence-electron chi connectivity index (χ4n) is 2.39. The van der Waals surface area contributed by atoms with Gasteiger partial charge in [-0.2, -0.15) is 0 Å². The number of rotatable bonds is 9. The molecule has 0 bridgehead atoms. The van der Waals surface area contributed by atoms with Gasteiger partial charge in [0.2, 0.25) is 10.9 Å². The number of methoxy groups -OCH3 is 1. The molecule has 0 aliphatic heterocycles. The number of aryl methyl sites for hydroxylation is 1. The van der Waals surface area contributed by atoms with Gasteiger partial charge in [0, 0.05) is 18.5 Å². The van der Waals surface area contributed by atoms with Gasteiger partial charge in [-0.05, 0) is 42.8 Å². The number of carbonyl (C=O) groups is 2. The minimum absolute atomic E-state index is 0.0570. The van der Waals surface area contributed by atoms with Crippen molar-refractivity contribution < 1.29 is 18.7 Å². The first-order chi connectivity index (χ1) is 13.6. The van der Waals surface area contributed by atoms with Gasteiger partial charge in [-0.25, -0.2) is 0 Å². The summed E-state index contributed by atoms with van der Waals surface area (Å²) in [4.78, 5) is 24.1. The largest absolute Gasteiger partial charge is 0.497 e. The Balaban J connectivity index is 1.41. The van der Waals surface area contributed by atoms with Crippen LogP contribution < -0.4 is 15.4 Å². The highest BCUT2D eigenvalue weighted by Gasteiger charge is 2.13. The highest BCUT2D eigenvalue weighted by atomic mass is 32.1. The predicted octanol–water partition coefficient (Wildman–Crippen LogP) is 3.03. The van der Waals surface area contributed by atoms with E-state index in [1.165, 1.54) is 11.3 Å². The summed E-state index contributed by atoms with van der Waals surface area (Å²) in [5.74, 6) is 1.05. The van der Waals surface area contributed by atoms with Crippen LogP contribution in [0.4, 0.5) is 5.69 Å². The van der Waals surface area contributed by atoms with E-state index in [0.717, 1.165) is 5.01 Å². The summed E-state index contributed by atoms with van der Waals surface area (Å²) in [5, 5.41) is 14.5. The zero-order valence-electron chi connectivity index (χ0n) is 15.3. The first-order valence-corrected chi connectivity index (χ1v) is 9.52. The van der Waals surface area contributed by atoms with E-state index in [1.807, 2.05) is 0 Å². The summed E-state index contributed by atoms with van der Waals surface area (Å²) in [7, 11) is 1.58. The molecule has 2 amide bonds. The highest BCUT2D eigenvalue weighted by Crippen LogP contribution is 2.18. The van der Waals surface area contributed by atoms with Crippen LogP contribution in [0.5, 0.6) is 5.75 Å². The molecule has 0 saturated carbocycles. The number of furan rings is 1. The number of nitrogens with zero attached hydrogens (tertiary/aromatic N) is 2. The molecule has 0 unspecified atom stereocenters. The average molecular weight is 400 g/mol. The summed E-state index contributed by atoms with van der Waals surface area (Å²) in [6, 6.07) is 10.6. The summed E-state index contributed by atoms with van der Waals surface area (Å²) >= 11 is 1.23. The van der Waals surface area contributed by atoms with Crippen LogP contribution in [0.2, 0.25) is 0 Å². The van der Waals surface area contributed by atoms with Gasteiger partial charge < -0.3 is 19.8 Å². The van der Waals surface area contributed by atoms with Crippen molar-refractivity contribution in [3.8, 4) is 5.75 Å². The maximum absolute atomic E-state index is 12.3. The van der Waals surface area contributed by atoms with E-state index < -0.39 is 0 Å². The molecule has 0 saturated heterocycles. The van der Waals surface area contributed by atoms with E-state index in [1.54, 1.807) is 49.8 Å². The lowest BCUT2D eigenvalue weighted by Crippen LogP contribution is -2.22. The Bertz CT molecular complexity index is 906. The minimum atomic E-state index is -0.315. The summed E-state index contributed by atoms with van der Waals surface area (Å²) in [6.07, 6.45) is 3.15. The number of ether oxygens (including phenoxy) is 1. The number of benzene rings is 1. The number of hydrogen-bond donors (Lipinski definition) is 2. The zero-order valence-corrected chi connectivity index (χ0v) is 16.1. The zero-order chi connectivity index (χ0) is 19.8. The first-order valence-electron chi connectivity index (χ1n) is 8.71. The van der Waals surface area contributed by atoms with Crippen LogP contribution in [0, 0.1) is 0 Å². The van der Waals surface area contributed by atoms with E-state index in [-0.39, 0.29) is 16.8 Å². The lowest BCUT2D eigenvalue weighted by atomic mass is 10.2. The number of nitrogens with one attached hydrogen (secondary N) is 2. The molecule has 0 aliphatic rings. The molecule has 3 rings (SSSR count). The van der Waals surface area contributed by atoms with Gasteiger partial charge in [-0.3, -0.25) is 9.59 Å². The molecule has 0 fully saturated rings. The molecular weight excluding hydrogens is 380 g/mol. The third kappa shape index (κ3) is 5.65. The van der Waals surface area contributed by atoms with Crippen molar-refractivity contribution in [3.63, 3.8) is 0 Å². The van der Waals surface area contributed by atoms with Gasteiger partial charge in [-0.15, -0.1) is 10.2 Å². The number of anilines is 1. The molecule has 2 heterocycles. The Kier molecular flexibility index (Phi) is 6.74. The number of amides is 2. The molecule has 0 aliphatic carbocycles. The molecular formula is C19H20N4O4S. The third-order valence-electron chi connectivity index (χ3n) is 3.84. The summed E-state index contributed by atoms with van der Waals surface area (Å²) in [5.41, 5.74) is 0.649. The lowest BCUT2D eigenvalue weighted by Gasteiger charge is -2.04. The van der Waals surface area contributed by atoms with Crippen LogP contribution >= 0.6 is 11.3 Å². The first kappa shape index (κ1) is 19.6. The molecule has 0 spiro atoms. The quantitative estimate of drug-likeness (QED) is 0.572. The number of hydrogen-bond acceptors (Lipinski definition) is 7. The Labute approximate surface area is 165 Å². The summed E-state index contributed by atoms with van der Waals surface area (Å²) in [6.45, 7) is 0.375. The van der Waals surface area contributed by atoms with Crippen molar-refractivity contribution in [1.29, 1.82) is 0 Å². The van der Waals surface area contributed by atoms with E-state index >= 15 is 0 Å². The standard InChI is InChI=1S/C19H20N4O4S/c1-26-14-9-7-13(8-10-14)21-18(25)19-23-22-17(28-19)6-2-5-16(24)20-12-15-4-3-11-27-15/h3-4,7-11H,2,5-6,12H2,1H3,(H,20,24)(H,21,25). The molecule has 28 heavy (non-hydrogen) atoms. The number of aromatic nitrogens is 2. The van der Waals surface area contributed by atoms with Crippen LogP contribution in [0.25, 0.3) is 0 Å². The normalized spacial score (nSPS) is 10.5. The van der Waals surface area contributed by atoms with E-state index in [9.17, 15) is 9.59 Å². The van der Waals surface area contributed by atoms with Crippen molar-refractivity contribution >= 4 is 28.8 Å². The van der Waals surface area contributed by atoms with E-state index in [2.05, 4.69) is 20.8 Å². The van der Waals surface area contributed by atoms with Gasteiger partial charge in [0.15, 0.2) is 0 Å². The second kappa shape index (κ2) is 9.65. The molecule has 2 N–H and O–H groups in total. The molecule has 0 radical (unpaired) electrons.